The van der Waals surface area contributed by atoms with Crippen LogP contribution in [-0.4, -0.2) is 57.5 Å². The molecular formula is C26H28Cl2N2O4S. The van der Waals surface area contributed by atoms with Gasteiger partial charge in [0.05, 0.1) is 24.7 Å². The zero-order valence-corrected chi connectivity index (χ0v) is 21.8. The predicted molar refractivity (Wildman–Crippen MR) is 139 cm³/mol. The molecule has 3 aromatic carbocycles. The second-order valence-corrected chi connectivity index (χ2v) is 11.2. The van der Waals surface area contributed by atoms with Crippen LogP contribution in [-0.2, 0) is 21.4 Å². The lowest BCUT2D eigenvalue weighted by molar-refractivity contribution is 0.00767. The fourth-order valence-electron chi connectivity index (χ4n) is 4.03. The summed E-state index contributed by atoms with van der Waals surface area (Å²) >= 11 is 12.0. The Balaban J connectivity index is 1.41. The van der Waals surface area contributed by atoms with Crippen molar-refractivity contribution in [1.29, 1.82) is 0 Å². The number of ether oxygens (including phenoxy) is 2. The molecule has 6 nitrogen and oxygen atoms in total. The SMILES string of the molecule is COc1cccc(CO[C@@H](CN2CCN(S(=O)(=O)c3ccc(Cl)cc3)CC2)c2ccc(Cl)cc2)c1. The van der Waals surface area contributed by atoms with E-state index in [2.05, 4.69) is 4.90 Å². The number of piperazine rings is 1. The van der Waals surface area contributed by atoms with Crippen molar-refractivity contribution in [2.45, 2.75) is 17.6 Å². The third-order valence-electron chi connectivity index (χ3n) is 6.03. The van der Waals surface area contributed by atoms with Gasteiger partial charge in [-0.15, -0.1) is 0 Å². The van der Waals surface area contributed by atoms with Crippen LogP contribution in [0.1, 0.15) is 17.2 Å². The maximum atomic E-state index is 13.0. The van der Waals surface area contributed by atoms with E-state index in [9.17, 15) is 8.42 Å². The Kier molecular flexibility index (Phi) is 8.70. The van der Waals surface area contributed by atoms with Gasteiger partial charge in [0.25, 0.3) is 0 Å². The number of nitrogens with zero attached hydrogens (tertiary/aromatic N) is 2. The molecule has 0 spiro atoms. The average Bonchev–Trinajstić information content (AvgIpc) is 2.88. The van der Waals surface area contributed by atoms with Crippen molar-refractivity contribution in [2.24, 2.45) is 0 Å². The number of hydrogen-bond donors (Lipinski definition) is 0. The van der Waals surface area contributed by atoms with E-state index in [1.807, 2.05) is 48.5 Å². The fraction of sp³-hybridized carbons (Fsp3) is 0.308. The summed E-state index contributed by atoms with van der Waals surface area (Å²) in [7, 11) is -1.91. The summed E-state index contributed by atoms with van der Waals surface area (Å²) in [6.45, 7) is 3.11. The summed E-state index contributed by atoms with van der Waals surface area (Å²) in [6, 6.07) is 21.8. The van der Waals surface area contributed by atoms with E-state index in [1.54, 1.807) is 31.4 Å². The molecule has 4 rings (SSSR count). The number of hydrogen-bond acceptors (Lipinski definition) is 5. The zero-order chi connectivity index (χ0) is 24.8. The van der Waals surface area contributed by atoms with E-state index >= 15 is 0 Å². The molecule has 0 aliphatic carbocycles. The standard InChI is InChI=1S/C26H28Cl2N2O4S/c1-33-24-4-2-3-20(17-24)19-34-26(21-5-7-22(27)8-6-21)18-29-13-15-30(16-14-29)35(31,32)25-11-9-23(28)10-12-25/h2-12,17,26H,13-16,18-19H2,1H3/t26-/m0/s1. The third kappa shape index (κ3) is 6.76. The topological polar surface area (TPSA) is 59.1 Å². The summed E-state index contributed by atoms with van der Waals surface area (Å²) in [4.78, 5) is 2.50. The largest absolute Gasteiger partial charge is 0.497 e. The van der Waals surface area contributed by atoms with Crippen LogP contribution in [0.2, 0.25) is 10.0 Å². The predicted octanol–water partition coefficient (Wildman–Crippen LogP) is 5.27. The number of sulfonamides is 1. The Morgan fingerprint density at radius 2 is 1.51 bits per heavy atom. The van der Waals surface area contributed by atoms with Crippen molar-refractivity contribution in [3.63, 3.8) is 0 Å². The Hall–Kier alpha value is -2.13. The lowest BCUT2D eigenvalue weighted by atomic mass is 10.1. The van der Waals surface area contributed by atoms with Gasteiger partial charge >= 0.3 is 0 Å². The second kappa shape index (κ2) is 11.7. The quantitative estimate of drug-likeness (QED) is 0.374. The number of halogens is 2. The van der Waals surface area contributed by atoms with Crippen LogP contribution in [0.4, 0.5) is 0 Å². The van der Waals surface area contributed by atoms with Gasteiger partial charge in [-0.25, -0.2) is 8.42 Å². The number of rotatable bonds is 9. The van der Waals surface area contributed by atoms with Crippen LogP contribution in [0.3, 0.4) is 0 Å². The molecule has 0 amide bonds. The summed E-state index contributed by atoms with van der Waals surface area (Å²) in [5, 5.41) is 1.18. The van der Waals surface area contributed by atoms with E-state index in [0.717, 1.165) is 16.9 Å². The van der Waals surface area contributed by atoms with E-state index < -0.39 is 10.0 Å². The highest BCUT2D eigenvalue weighted by atomic mass is 35.5. The maximum Gasteiger partial charge on any atom is 0.243 e. The van der Waals surface area contributed by atoms with Crippen molar-refractivity contribution in [3.8, 4) is 5.75 Å². The van der Waals surface area contributed by atoms with Crippen LogP contribution in [0.15, 0.2) is 77.7 Å². The molecule has 1 heterocycles. The molecule has 1 aliphatic heterocycles. The first-order valence-corrected chi connectivity index (χ1v) is 13.5. The van der Waals surface area contributed by atoms with Crippen LogP contribution >= 0.6 is 23.2 Å². The van der Waals surface area contributed by atoms with E-state index in [0.29, 0.717) is 49.4 Å². The number of benzene rings is 3. The smallest absolute Gasteiger partial charge is 0.243 e. The molecule has 0 radical (unpaired) electrons. The van der Waals surface area contributed by atoms with E-state index in [1.165, 1.54) is 4.31 Å². The first-order chi connectivity index (χ1) is 16.8. The molecule has 1 atom stereocenters. The lowest BCUT2D eigenvalue weighted by Crippen LogP contribution is -2.49. The normalized spacial score (nSPS) is 16.2. The van der Waals surface area contributed by atoms with Gasteiger partial charge in [0.2, 0.25) is 10.0 Å². The highest BCUT2D eigenvalue weighted by Crippen LogP contribution is 2.25. The Bertz CT molecular complexity index is 1210. The molecule has 0 bridgehead atoms. The van der Waals surface area contributed by atoms with E-state index in [-0.39, 0.29) is 11.0 Å². The highest BCUT2D eigenvalue weighted by molar-refractivity contribution is 7.89. The van der Waals surface area contributed by atoms with Gasteiger partial charge in [0, 0.05) is 42.8 Å². The monoisotopic (exact) mass is 534 g/mol. The average molecular weight is 535 g/mol. The minimum Gasteiger partial charge on any atom is -0.497 e. The van der Waals surface area contributed by atoms with Crippen molar-refractivity contribution in [2.75, 3.05) is 39.8 Å². The molecule has 35 heavy (non-hydrogen) atoms. The summed E-state index contributed by atoms with van der Waals surface area (Å²) < 4.78 is 39.2. The summed E-state index contributed by atoms with van der Waals surface area (Å²) in [5.41, 5.74) is 2.04. The molecule has 1 aliphatic rings. The lowest BCUT2D eigenvalue weighted by Gasteiger charge is -2.36. The van der Waals surface area contributed by atoms with Crippen molar-refractivity contribution in [3.05, 3.63) is 94.0 Å². The minimum absolute atomic E-state index is 0.196. The zero-order valence-electron chi connectivity index (χ0n) is 19.4. The van der Waals surface area contributed by atoms with Gasteiger partial charge in [-0.05, 0) is 59.7 Å². The molecule has 3 aromatic rings. The van der Waals surface area contributed by atoms with Gasteiger partial charge in [0.1, 0.15) is 5.75 Å². The van der Waals surface area contributed by atoms with Gasteiger partial charge < -0.3 is 9.47 Å². The van der Waals surface area contributed by atoms with Crippen molar-refractivity contribution in [1.82, 2.24) is 9.21 Å². The molecule has 9 heteroatoms. The highest BCUT2D eigenvalue weighted by Gasteiger charge is 2.29. The first-order valence-electron chi connectivity index (χ1n) is 11.3. The van der Waals surface area contributed by atoms with E-state index in [4.69, 9.17) is 32.7 Å². The molecule has 0 aromatic heterocycles. The Morgan fingerprint density at radius 3 is 2.14 bits per heavy atom. The first kappa shape index (κ1) is 25.9. The van der Waals surface area contributed by atoms with Gasteiger partial charge in [-0.3, -0.25) is 4.90 Å². The second-order valence-electron chi connectivity index (χ2n) is 8.36. The molecule has 0 N–H and O–H groups in total. The molecule has 1 fully saturated rings. The van der Waals surface area contributed by atoms with Crippen LogP contribution in [0.25, 0.3) is 0 Å². The molecule has 0 unspecified atom stereocenters. The van der Waals surface area contributed by atoms with Crippen LogP contribution in [0.5, 0.6) is 5.75 Å². The van der Waals surface area contributed by atoms with Crippen molar-refractivity contribution >= 4 is 33.2 Å². The molecular weight excluding hydrogens is 507 g/mol. The molecule has 1 saturated heterocycles. The molecule has 0 saturated carbocycles. The number of methoxy groups -OCH3 is 1. The summed E-state index contributed by atoms with van der Waals surface area (Å²) in [5.74, 6) is 0.784. The van der Waals surface area contributed by atoms with Gasteiger partial charge in [-0.2, -0.15) is 4.31 Å². The summed E-state index contributed by atoms with van der Waals surface area (Å²) in [6.07, 6.45) is -0.196. The van der Waals surface area contributed by atoms with Crippen molar-refractivity contribution < 1.29 is 17.9 Å². The Morgan fingerprint density at radius 1 is 0.886 bits per heavy atom. The fourth-order valence-corrected chi connectivity index (χ4v) is 5.71. The maximum absolute atomic E-state index is 13.0. The van der Waals surface area contributed by atoms with Crippen LogP contribution in [0, 0.1) is 0 Å². The molecule has 186 valence electrons. The Labute approximate surface area is 217 Å². The van der Waals surface area contributed by atoms with Gasteiger partial charge in [-0.1, -0.05) is 47.5 Å². The third-order valence-corrected chi connectivity index (χ3v) is 8.45. The van der Waals surface area contributed by atoms with Gasteiger partial charge in [0.15, 0.2) is 0 Å². The van der Waals surface area contributed by atoms with Crippen LogP contribution < -0.4 is 4.74 Å². The minimum atomic E-state index is -3.55.